The molecule has 0 saturated heterocycles. The number of hydrogen-bond acceptors (Lipinski definition) is 4. The predicted octanol–water partition coefficient (Wildman–Crippen LogP) is 1.18. The van der Waals surface area contributed by atoms with Gasteiger partial charge in [-0.25, -0.2) is 8.42 Å². The number of aromatic nitrogens is 2. The van der Waals surface area contributed by atoms with Crippen molar-refractivity contribution in [2.45, 2.75) is 4.90 Å². The maximum Gasteiger partial charge on any atom is 0.265 e. The Morgan fingerprint density at radius 2 is 2.24 bits per heavy atom. The van der Waals surface area contributed by atoms with Gasteiger partial charge in [-0.15, -0.1) is 0 Å². The van der Waals surface area contributed by atoms with Crippen LogP contribution >= 0.6 is 11.6 Å². The van der Waals surface area contributed by atoms with Crippen LogP contribution in [0.15, 0.2) is 35.5 Å². The van der Waals surface area contributed by atoms with Crippen molar-refractivity contribution in [2.24, 2.45) is 12.8 Å². The molecule has 3 N–H and O–H groups in total. The number of nitrogens with two attached hydrogens (primary N) is 1. The Morgan fingerprint density at radius 3 is 2.86 bits per heavy atom. The summed E-state index contributed by atoms with van der Waals surface area (Å²) in [7, 11) is -2.11. The molecular weight excluding hydrogens is 312 g/mol. The highest BCUT2D eigenvalue weighted by atomic mass is 35.5. The summed E-state index contributed by atoms with van der Waals surface area (Å²) in [6.45, 7) is 0.222. The fourth-order valence-corrected chi connectivity index (χ4v) is 2.85. The Kier molecular flexibility index (Phi) is 4.53. The molecule has 1 aromatic carbocycles. The van der Waals surface area contributed by atoms with E-state index in [0.717, 1.165) is 0 Å². The summed E-state index contributed by atoms with van der Waals surface area (Å²) in [5.74, 6) is 5.51. The number of anilines is 1. The van der Waals surface area contributed by atoms with Crippen LogP contribution in [-0.4, -0.2) is 24.7 Å². The minimum atomic E-state index is -3.74. The number of rotatable bonds is 3. The van der Waals surface area contributed by atoms with Crippen LogP contribution in [-0.2, 0) is 17.1 Å². The van der Waals surface area contributed by atoms with E-state index in [1.54, 1.807) is 25.2 Å². The normalized spacial score (nSPS) is 10.8. The van der Waals surface area contributed by atoms with Gasteiger partial charge >= 0.3 is 0 Å². The lowest BCUT2D eigenvalue weighted by Gasteiger charge is -2.08. The third-order valence-electron chi connectivity index (χ3n) is 2.54. The van der Waals surface area contributed by atoms with Crippen molar-refractivity contribution < 1.29 is 8.42 Å². The summed E-state index contributed by atoms with van der Waals surface area (Å²) in [6.07, 6.45) is 2.66. The number of sulfonamides is 1. The molecule has 0 bridgehead atoms. The number of benzene rings is 1. The lowest BCUT2D eigenvalue weighted by atomic mass is 10.2. The zero-order valence-electron chi connectivity index (χ0n) is 11.2. The van der Waals surface area contributed by atoms with Gasteiger partial charge in [0.05, 0.1) is 23.5 Å². The van der Waals surface area contributed by atoms with Crippen LogP contribution in [0.3, 0.4) is 0 Å². The van der Waals surface area contributed by atoms with Gasteiger partial charge in [-0.2, -0.15) is 5.10 Å². The molecule has 0 atom stereocenters. The van der Waals surface area contributed by atoms with E-state index < -0.39 is 10.0 Å². The Labute approximate surface area is 128 Å². The summed E-state index contributed by atoms with van der Waals surface area (Å²) in [4.78, 5) is 0.0551. The van der Waals surface area contributed by atoms with Crippen molar-refractivity contribution >= 4 is 27.3 Å². The van der Waals surface area contributed by atoms with E-state index in [-0.39, 0.29) is 22.2 Å². The van der Waals surface area contributed by atoms with Crippen LogP contribution in [0.4, 0.5) is 5.69 Å². The van der Waals surface area contributed by atoms with Crippen molar-refractivity contribution in [1.82, 2.24) is 9.78 Å². The molecule has 21 heavy (non-hydrogen) atoms. The maximum atomic E-state index is 12.2. The molecule has 0 radical (unpaired) electrons. The van der Waals surface area contributed by atoms with E-state index in [1.807, 2.05) is 0 Å². The largest absolute Gasteiger partial charge is 0.320 e. The first-order valence-corrected chi connectivity index (χ1v) is 7.78. The fourth-order valence-electron chi connectivity index (χ4n) is 1.58. The highest BCUT2D eigenvalue weighted by molar-refractivity contribution is 7.92. The molecule has 0 unspecified atom stereocenters. The summed E-state index contributed by atoms with van der Waals surface area (Å²) < 4.78 is 28.2. The SMILES string of the molecule is Cn1cc(S(=O)(=O)Nc2cc(C#CCN)ccc2Cl)cn1. The number of hydrogen-bond donors (Lipinski definition) is 2. The molecule has 0 saturated carbocycles. The second kappa shape index (κ2) is 6.18. The molecule has 110 valence electrons. The second-order valence-electron chi connectivity index (χ2n) is 4.16. The predicted molar refractivity (Wildman–Crippen MR) is 81.4 cm³/mol. The average molecular weight is 325 g/mol. The Bertz CT molecular complexity index is 818. The molecule has 0 aliphatic carbocycles. The molecule has 1 aromatic heterocycles. The minimum absolute atomic E-state index is 0.0551. The van der Waals surface area contributed by atoms with Gasteiger partial charge in [-0.05, 0) is 18.2 Å². The van der Waals surface area contributed by atoms with Gasteiger partial charge in [0.1, 0.15) is 4.90 Å². The van der Waals surface area contributed by atoms with Gasteiger partial charge in [0.25, 0.3) is 10.0 Å². The molecule has 6 nitrogen and oxygen atoms in total. The maximum absolute atomic E-state index is 12.2. The van der Waals surface area contributed by atoms with Gasteiger partial charge in [0.2, 0.25) is 0 Å². The summed E-state index contributed by atoms with van der Waals surface area (Å²) in [5.41, 5.74) is 6.18. The number of aryl methyl sites for hydroxylation is 1. The van der Waals surface area contributed by atoms with Gasteiger partial charge in [0, 0.05) is 18.8 Å². The van der Waals surface area contributed by atoms with Crippen LogP contribution < -0.4 is 10.5 Å². The number of halogens is 1. The Morgan fingerprint density at radius 1 is 1.48 bits per heavy atom. The van der Waals surface area contributed by atoms with E-state index in [1.165, 1.54) is 17.1 Å². The van der Waals surface area contributed by atoms with E-state index in [4.69, 9.17) is 17.3 Å². The first-order chi connectivity index (χ1) is 9.92. The monoisotopic (exact) mass is 324 g/mol. The third-order valence-corrected chi connectivity index (χ3v) is 4.19. The lowest BCUT2D eigenvalue weighted by molar-refractivity contribution is 0.601. The first-order valence-electron chi connectivity index (χ1n) is 5.92. The molecule has 2 aromatic rings. The van der Waals surface area contributed by atoms with Crippen LogP contribution in [0.25, 0.3) is 0 Å². The van der Waals surface area contributed by atoms with Crippen LogP contribution in [0.5, 0.6) is 0 Å². The van der Waals surface area contributed by atoms with Gasteiger partial charge in [0.15, 0.2) is 0 Å². The Balaban J connectivity index is 2.34. The van der Waals surface area contributed by atoms with Crippen molar-refractivity contribution in [1.29, 1.82) is 0 Å². The zero-order chi connectivity index (χ0) is 15.5. The van der Waals surface area contributed by atoms with E-state index >= 15 is 0 Å². The van der Waals surface area contributed by atoms with Crippen molar-refractivity contribution in [3.05, 3.63) is 41.2 Å². The highest BCUT2D eigenvalue weighted by Crippen LogP contribution is 2.25. The first kappa shape index (κ1) is 15.4. The number of nitrogens with zero attached hydrogens (tertiary/aromatic N) is 2. The van der Waals surface area contributed by atoms with E-state index in [0.29, 0.717) is 5.56 Å². The molecular formula is C13H13ClN4O2S. The molecule has 0 amide bonds. The molecule has 0 spiro atoms. The molecule has 1 heterocycles. The Hall–Kier alpha value is -2.01. The molecule has 8 heteroatoms. The number of nitrogens with one attached hydrogen (secondary N) is 1. The second-order valence-corrected chi connectivity index (χ2v) is 6.25. The van der Waals surface area contributed by atoms with E-state index in [9.17, 15) is 8.42 Å². The molecule has 0 fully saturated rings. The summed E-state index contributed by atoms with van der Waals surface area (Å²) in [6, 6.07) is 4.81. The summed E-state index contributed by atoms with van der Waals surface area (Å²) >= 11 is 6.01. The van der Waals surface area contributed by atoms with Gasteiger partial charge < -0.3 is 5.73 Å². The van der Waals surface area contributed by atoms with Crippen molar-refractivity contribution in [3.63, 3.8) is 0 Å². The van der Waals surface area contributed by atoms with Crippen LogP contribution in [0, 0.1) is 11.8 Å². The van der Waals surface area contributed by atoms with Gasteiger partial charge in [-0.3, -0.25) is 9.40 Å². The van der Waals surface area contributed by atoms with Crippen LogP contribution in [0.1, 0.15) is 5.56 Å². The van der Waals surface area contributed by atoms with Crippen molar-refractivity contribution in [3.8, 4) is 11.8 Å². The van der Waals surface area contributed by atoms with E-state index in [2.05, 4.69) is 21.7 Å². The zero-order valence-corrected chi connectivity index (χ0v) is 12.7. The fraction of sp³-hybridized carbons (Fsp3) is 0.154. The third kappa shape index (κ3) is 3.76. The summed E-state index contributed by atoms with van der Waals surface area (Å²) in [5, 5.41) is 4.11. The lowest BCUT2D eigenvalue weighted by Crippen LogP contribution is -2.12. The molecule has 0 aliphatic rings. The topological polar surface area (TPSA) is 90.0 Å². The van der Waals surface area contributed by atoms with Gasteiger partial charge in [-0.1, -0.05) is 23.4 Å². The standard InChI is InChI=1S/C13H13ClN4O2S/c1-18-9-11(8-16-18)21(19,20)17-13-7-10(3-2-6-15)4-5-12(13)14/h4-5,7-9,17H,6,15H2,1H3. The van der Waals surface area contributed by atoms with Crippen molar-refractivity contribution in [2.75, 3.05) is 11.3 Å². The quantitative estimate of drug-likeness (QED) is 0.830. The molecule has 2 rings (SSSR count). The highest BCUT2D eigenvalue weighted by Gasteiger charge is 2.17. The average Bonchev–Trinajstić information content (AvgIpc) is 2.87. The smallest absolute Gasteiger partial charge is 0.265 e. The van der Waals surface area contributed by atoms with Crippen LogP contribution in [0.2, 0.25) is 5.02 Å². The minimum Gasteiger partial charge on any atom is -0.320 e. The molecule has 0 aliphatic heterocycles.